The van der Waals surface area contributed by atoms with Gasteiger partial charge in [0, 0.05) is 13.1 Å². The zero-order chi connectivity index (χ0) is 26.3. The van der Waals surface area contributed by atoms with Crippen LogP contribution < -0.4 is 21.1 Å². The lowest BCUT2D eigenvalue weighted by atomic mass is 9.89. The summed E-state index contributed by atoms with van der Waals surface area (Å²) in [5.74, 6) is -1.06. The molecule has 2 fully saturated rings. The van der Waals surface area contributed by atoms with Gasteiger partial charge in [-0.3, -0.25) is 19.2 Å². The molecule has 0 unspecified atom stereocenters. The van der Waals surface area contributed by atoms with E-state index in [-0.39, 0.29) is 36.5 Å². The van der Waals surface area contributed by atoms with Crippen LogP contribution in [0.15, 0.2) is 9.59 Å². The van der Waals surface area contributed by atoms with Crippen molar-refractivity contribution in [1.29, 1.82) is 0 Å². The van der Waals surface area contributed by atoms with Crippen molar-refractivity contribution in [2.45, 2.75) is 70.6 Å². The number of hydrogen-bond donors (Lipinski definition) is 2. The number of hydrogen-bond acceptors (Lipinski definition) is 11. The number of anilines is 2. The first-order valence-corrected chi connectivity index (χ1v) is 15.2. The number of ether oxygens (including phenoxy) is 2. The highest BCUT2D eigenvalue weighted by Crippen LogP contribution is 2.57. The van der Waals surface area contributed by atoms with Gasteiger partial charge in [-0.1, -0.05) is 38.5 Å². The summed E-state index contributed by atoms with van der Waals surface area (Å²) in [6.07, 6.45) is 9.92. The molecule has 37 heavy (non-hydrogen) atoms. The topological polar surface area (TPSA) is 141 Å². The first-order valence-electron chi connectivity index (χ1n) is 13.4. The second-order valence-electron chi connectivity index (χ2n) is 10.1. The molecule has 0 saturated heterocycles. The quantitative estimate of drug-likeness (QED) is 0.185. The van der Waals surface area contributed by atoms with Crippen LogP contribution in [0.5, 0.6) is 0 Å². The van der Waals surface area contributed by atoms with Gasteiger partial charge in [0.2, 0.25) is 13.6 Å². The van der Waals surface area contributed by atoms with E-state index in [0.717, 1.165) is 64.2 Å². The molecule has 12 heteroatoms. The summed E-state index contributed by atoms with van der Waals surface area (Å²) >= 11 is 0. The summed E-state index contributed by atoms with van der Waals surface area (Å²) < 4.78 is 21.7. The van der Waals surface area contributed by atoms with E-state index in [2.05, 4.69) is 5.32 Å². The summed E-state index contributed by atoms with van der Waals surface area (Å²) in [7, 11) is -3.64. The monoisotopic (exact) mass is 541 g/mol. The fourth-order valence-corrected chi connectivity index (χ4v) is 6.59. The lowest BCUT2D eigenvalue weighted by Crippen LogP contribution is -2.42. The maximum absolute atomic E-state index is 12.4. The molecule has 4 rings (SSSR count). The molecule has 1 aliphatic heterocycles. The van der Waals surface area contributed by atoms with Gasteiger partial charge in [-0.15, -0.1) is 9.05 Å². The first kappa shape index (κ1) is 28.0. The molecule has 2 N–H and O–H groups in total. The molecule has 2 aliphatic carbocycles. The van der Waals surface area contributed by atoms with Crippen molar-refractivity contribution >= 4 is 31.3 Å². The van der Waals surface area contributed by atoms with Gasteiger partial charge in [0.1, 0.15) is 11.4 Å². The van der Waals surface area contributed by atoms with Gasteiger partial charge < -0.3 is 19.7 Å². The number of fused-ring (bicyclic) bond motifs is 1. The van der Waals surface area contributed by atoms with E-state index in [0.29, 0.717) is 30.9 Å². The molecule has 0 bridgehead atoms. The summed E-state index contributed by atoms with van der Waals surface area (Å²) in [5.41, 5.74) is -0.491. The van der Waals surface area contributed by atoms with E-state index in [9.17, 15) is 24.1 Å². The highest BCUT2D eigenvalue weighted by atomic mass is 31.2. The Morgan fingerprint density at radius 3 is 1.92 bits per heavy atom. The van der Waals surface area contributed by atoms with Crippen molar-refractivity contribution in [2.24, 2.45) is 11.8 Å². The number of rotatable bonds is 11. The Labute approximate surface area is 217 Å². The van der Waals surface area contributed by atoms with Crippen molar-refractivity contribution in [2.75, 3.05) is 49.6 Å². The fraction of sp³-hybridized carbons (Fsp3) is 0.760. The van der Waals surface area contributed by atoms with Crippen molar-refractivity contribution in [3.05, 3.63) is 20.4 Å². The van der Waals surface area contributed by atoms with Gasteiger partial charge in [0.05, 0.1) is 18.4 Å². The van der Waals surface area contributed by atoms with Gasteiger partial charge in [0.15, 0.2) is 6.16 Å². The normalized spacial score (nSPS) is 19.6. The van der Waals surface area contributed by atoms with E-state index >= 15 is 0 Å². The standard InChI is InChI=1S/C25H37N2O9P/c28-22-20-21(23(22)29)27(13-7-12-26-20)14-15-37(32,35-16-33-24(30)18-8-3-1-4-9-18)36-17-34-25(31)19-10-5-2-6-11-19/h18-19,32H,1-17H2/p+1. The number of carbonyl (C=O) groups is 2. The third-order valence-electron chi connectivity index (χ3n) is 7.55. The van der Waals surface area contributed by atoms with Crippen LogP contribution in [-0.2, 0) is 28.1 Å². The van der Waals surface area contributed by atoms with Crippen molar-refractivity contribution < 1.29 is 33.0 Å². The van der Waals surface area contributed by atoms with Crippen LogP contribution in [0.1, 0.15) is 70.6 Å². The predicted molar refractivity (Wildman–Crippen MR) is 138 cm³/mol. The number of esters is 2. The molecular formula is C25H38N2O9P+. The summed E-state index contributed by atoms with van der Waals surface area (Å²) in [4.78, 5) is 61.8. The van der Waals surface area contributed by atoms with Gasteiger partial charge in [0.25, 0.3) is 10.9 Å². The van der Waals surface area contributed by atoms with Crippen molar-refractivity contribution in [1.82, 2.24) is 0 Å². The zero-order valence-electron chi connectivity index (χ0n) is 21.3. The van der Waals surface area contributed by atoms with E-state index in [4.69, 9.17) is 18.5 Å². The second kappa shape index (κ2) is 13.1. The molecule has 0 spiro atoms. The van der Waals surface area contributed by atoms with Gasteiger partial charge >= 0.3 is 19.9 Å². The molecule has 0 atom stereocenters. The lowest BCUT2D eigenvalue weighted by molar-refractivity contribution is -0.159. The van der Waals surface area contributed by atoms with E-state index < -0.39 is 32.4 Å². The molecule has 0 amide bonds. The molecule has 1 aromatic carbocycles. The van der Waals surface area contributed by atoms with E-state index in [1.54, 1.807) is 4.90 Å². The molecular weight excluding hydrogens is 503 g/mol. The van der Waals surface area contributed by atoms with Crippen molar-refractivity contribution in [3.8, 4) is 0 Å². The van der Waals surface area contributed by atoms with E-state index in [1.807, 2.05) is 0 Å². The number of nitrogens with one attached hydrogen (secondary N) is 1. The number of carbonyl (C=O) groups excluding carboxylic acids is 2. The predicted octanol–water partition coefficient (Wildman–Crippen LogP) is 2.85. The van der Waals surface area contributed by atoms with Crippen LogP contribution in [0.4, 0.5) is 11.4 Å². The average Bonchev–Trinajstić information content (AvgIpc) is 3.13. The van der Waals surface area contributed by atoms with Crippen LogP contribution in [0, 0.1) is 11.8 Å². The Morgan fingerprint density at radius 2 is 1.38 bits per heavy atom. The molecule has 206 valence electrons. The maximum atomic E-state index is 12.4. The Morgan fingerprint density at radius 1 is 0.838 bits per heavy atom. The van der Waals surface area contributed by atoms with Gasteiger partial charge in [-0.05, 0) is 32.1 Å². The fourth-order valence-electron chi connectivity index (χ4n) is 5.32. The minimum Gasteiger partial charge on any atom is -0.434 e. The zero-order valence-corrected chi connectivity index (χ0v) is 22.2. The third kappa shape index (κ3) is 7.28. The summed E-state index contributed by atoms with van der Waals surface area (Å²) in [6, 6.07) is 0. The molecule has 0 radical (unpaired) electrons. The minimum absolute atomic E-state index is 0.0345. The Balaban J connectivity index is 1.34. The third-order valence-corrected chi connectivity index (χ3v) is 9.33. The summed E-state index contributed by atoms with van der Waals surface area (Å²) in [6.45, 7) is 0.288. The SMILES string of the molecule is O=C(OCO[P+](O)(CCN1CCCNc2c1c(=O)c2=O)OCOC(=O)C1CCCCC1)C1CCCCC1. The molecule has 1 heterocycles. The highest BCUT2D eigenvalue weighted by molar-refractivity contribution is 7.60. The van der Waals surface area contributed by atoms with Crippen molar-refractivity contribution in [3.63, 3.8) is 0 Å². The van der Waals surface area contributed by atoms with Crippen LogP contribution in [0.2, 0.25) is 0 Å². The van der Waals surface area contributed by atoms with Crippen LogP contribution in [-0.4, -0.2) is 56.2 Å². The second-order valence-corrected chi connectivity index (χ2v) is 12.3. The molecule has 2 saturated carbocycles. The van der Waals surface area contributed by atoms with Gasteiger partial charge in [-0.25, -0.2) is 0 Å². The van der Waals surface area contributed by atoms with E-state index in [1.165, 1.54) is 0 Å². The molecule has 0 aromatic heterocycles. The summed E-state index contributed by atoms with van der Waals surface area (Å²) in [5, 5.41) is 2.98. The molecule has 3 aliphatic rings. The largest absolute Gasteiger partial charge is 0.434 e. The maximum Gasteiger partial charge on any atom is 0.417 e. The Hall–Kier alpha value is -2.07. The van der Waals surface area contributed by atoms with Crippen LogP contribution in [0.25, 0.3) is 0 Å². The average molecular weight is 542 g/mol. The molecule has 11 nitrogen and oxygen atoms in total. The number of nitrogens with zero attached hydrogens (tertiary/aromatic N) is 1. The van der Waals surface area contributed by atoms with Gasteiger partial charge in [-0.2, -0.15) is 4.89 Å². The Kier molecular flexibility index (Phi) is 9.92. The first-order chi connectivity index (χ1) is 17.9. The molecule has 1 aromatic rings. The Bertz CT molecular complexity index is 961. The van der Waals surface area contributed by atoms with Crippen LogP contribution >= 0.6 is 7.94 Å². The lowest BCUT2D eigenvalue weighted by Gasteiger charge is -2.26. The van der Waals surface area contributed by atoms with Crippen LogP contribution in [0.3, 0.4) is 0 Å². The smallest absolute Gasteiger partial charge is 0.417 e. The minimum atomic E-state index is -3.64. The highest BCUT2D eigenvalue weighted by Gasteiger charge is 2.44.